The van der Waals surface area contributed by atoms with Gasteiger partial charge in [-0.1, -0.05) is 24.3 Å². The zero-order valence-corrected chi connectivity index (χ0v) is 8.62. The van der Waals surface area contributed by atoms with E-state index in [-0.39, 0.29) is 5.60 Å². The van der Waals surface area contributed by atoms with Gasteiger partial charge in [-0.3, -0.25) is 0 Å². The topological polar surface area (TPSA) is 12.5 Å². The second-order valence-corrected chi connectivity index (χ2v) is 4.74. The first-order valence-corrected chi connectivity index (χ1v) is 5.51. The Morgan fingerprint density at radius 2 is 2.14 bits per heavy atom. The molecule has 0 spiro atoms. The van der Waals surface area contributed by atoms with Crippen LogP contribution in [0.3, 0.4) is 0 Å². The van der Waals surface area contributed by atoms with Gasteiger partial charge in [-0.15, -0.1) is 0 Å². The van der Waals surface area contributed by atoms with Crippen LogP contribution in [0.1, 0.15) is 36.8 Å². The molecule has 0 bridgehead atoms. The Kier molecular flexibility index (Phi) is 1.72. The summed E-state index contributed by atoms with van der Waals surface area (Å²) in [6, 6.07) is 8.86. The molecule has 1 saturated heterocycles. The molecular formula is C13H16O. The largest absolute Gasteiger partial charge is 0.369 e. The molecule has 2 aliphatic rings. The highest BCUT2D eigenvalue weighted by Crippen LogP contribution is 2.47. The maximum absolute atomic E-state index is 5.59. The summed E-state index contributed by atoms with van der Waals surface area (Å²) in [5, 5.41) is 0. The molecule has 1 aromatic carbocycles. The molecule has 1 aromatic rings. The van der Waals surface area contributed by atoms with Crippen LogP contribution in [0, 0.1) is 0 Å². The van der Waals surface area contributed by atoms with Gasteiger partial charge in [0.1, 0.15) is 0 Å². The maximum Gasteiger partial charge on any atom is 0.0956 e. The minimum absolute atomic E-state index is 0.163. The fraction of sp³-hybridized carbons (Fsp3) is 0.538. The molecule has 1 aliphatic carbocycles. The summed E-state index contributed by atoms with van der Waals surface area (Å²) in [5.74, 6) is 0.646. The van der Waals surface area contributed by atoms with E-state index in [1.54, 1.807) is 11.1 Å². The van der Waals surface area contributed by atoms with Gasteiger partial charge in [-0.05, 0) is 37.3 Å². The fourth-order valence-electron chi connectivity index (χ4n) is 2.70. The lowest BCUT2D eigenvalue weighted by atomic mass is 9.76. The molecule has 2 atom stereocenters. The molecule has 1 nitrogen and oxygen atoms in total. The summed E-state index contributed by atoms with van der Waals surface area (Å²) < 4.78 is 5.59. The average molecular weight is 188 g/mol. The highest BCUT2D eigenvalue weighted by atomic mass is 16.6. The van der Waals surface area contributed by atoms with E-state index in [1.165, 1.54) is 19.3 Å². The van der Waals surface area contributed by atoms with Gasteiger partial charge in [0.2, 0.25) is 0 Å². The van der Waals surface area contributed by atoms with E-state index in [4.69, 9.17) is 4.74 Å². The molecule has 3 rings (SSSR count). The van der Waals surface area contributed by atoms with Crippen molar-refractivity contribution in [3.05, 3.63) is 35.4 Å². The number of hydrogen-bond acceptors (Lipinski definition) is 1. The Hall–Kier alpha value is -0.820. The standard InChI is InChI=1S/C13H16O/c1-13(9-14-13)12-8-4-6-10-5-2-3-7-11(10)12/h2-3,5,7,12H,4,6,8-9H2,1H3. The van der Waals surface area contributed by atoms with Crippen molar-refractivity contribution in [1.82, 2.24) is 0 Å². The number of fused-ring (bicyclic) bond motifs is 1. The number of ether oxygens (including phenoxy) is 1. The Balaban J connectivity index is 2.02. The highest BCUT2D eigenvalue weighted by Gasteiger charge is 2.48. The summed E-state index contributed by atoms with van der Waals surface area (Å²) in [7, 11) is 0. The molecule has 14 heavy (non-hydrogen) atoms. The maximum atomic E-state index is 5.59. The van der Waals surface area contributed by atoms with Crippen molar-refractivity contribution in [1.29, 1.82) is 0 Å². The fourth-order valence-corrected chi connectivity index (χ4v) is 2.70. The lowest BCUT2D eigenvalue weighted by molar-refractivity contribution is 0.265. The first-order valence-electron chi connectivity index (χ1n) is 5.51. The molecule has 0 N–H and O–H groups in total. The smallest absolute Gasteiger partial charge is 0.0956 e. The lowest BCUT2D eigenvalue weighted by Gasteiger charge is -2.28. The molecule has 1 heteroatoms. The number of aryl methyl sites for hydroxylation is 1. The SMILES string of the molecule is CC1(C2CCCc3ccccc32)CO1. The highest BCUT2D eigenvalue weighted by molar-refractivity contribution is 5.35. The number of benzene rings is 1. The van der Waals surface area contributed by atoms with E-state index in [9.17, 15) is 0 Å². The molecule has 2 unspecified atom stereocenters. The monoisotopic (exact) mass is 188 g/mol. The second kappa shape index (κ2) is 2.83. The van der Waals surface area contributed by atoms with Crippen LogP contribution >= 0.6 is 0 Å². The van der Waals surface area contributed by atoms with Crippen molar-refractivity contribution >= 4 is 0 Å². The molecule has 0 saturated carbocycles. The van der Waals surface area contributed by atoms with E-state index in [0.717, 1.165) is 6.61 Å². The van der Waals surface area contributed by atoms with Crippen LogP contribution in [0.25, 0.3) is 0 Å². The van der Waals surface area contributed by atoms with Gasteiger partial charge in [0, 0.05) is 5.92 Å². The minimum atomic E-state index is 0.163. The quantitative estimate of drug-likeness (QED) is 0.617. The Labute approximate surface area is 85.1 Å². The third kappa shape index (κ3) is 1.19. The van der Waals surface area contributed by atoms with Crippen LogP contribution in [-0.4, -0.2) is 12.2 Å². The van der Waals surface area contributed by atoms with Gasteiger partial charge < -0.3 is 4.74 Å². The Morgan fingerprint density at radius 3 is 2.93 bits per heavy atom. The molecule has 74 valence electrons. The molecular weight excluding hydrogens is 172 g/mol. The van der Waals surface area contributed by atoms with E-state index in [0.29, 0.717) is 5.92 Å². The van der Waals surface area contributed by atoms with Crippen molar-refractivity contribution in [3.8, 4) is 0 Å². The van der Waals surface area contributed by atoms with E-state index in [1.807, 2.05) is 0 Å². The number of rotatable bonds is 1. The van der Waals surface area contributed by atoms with Gasteiger partial charge >= 0.3 is 0 Å². The van der Waals surface area contributed by atoms with E-state index < -0.39 is 0 Å². The van der Waals surface area contributed by atoms with Crippen LogP contribution in [-0.2, 0) is 11.2 Å². The zero-order chi connectivity index (χ0) is 9.60. The first kappa shape index (κ1) is 8.49. The predicted molar refractivity (Wildman–Crippen MR) is 56.5 cm³/mol. The summed E-state index contributed by atoms with van der Waals surface area (Å²) >= 11 is 0. The summed E-state index contributed by atoms with van der Waals surface area (Å²) in [6.07, 6.45) is 3.87. The molecule has 0 radical (unpaired) electrons. The van der Waals surface area contributed by atoms with Crippen molar-refractivity contribution in [3.63, 3.8) is 0 Å². The van der Waals surface area contributed by atoms with Crippen LogP contribution in [0.5, 0.6) is 0 Å². The van der Waals surface area contributed by atoms with Crippen LogP contribution < -0.4 is 0 Å². The van der Waals surface area contributed by atoms with Gasteiger partial charge in [0.05, 0.1) is 12.2 Å². The molecule has 1 fully saturated rings. The summed E-state index contributed by atoms with van der Waals surface area (Å²) in [5.41, 5.74) is 3.25. The van der Waals surface area contributed by atoms with Crippen molar-refractivity contribution < 1.29 is 4.74 Å². The van der Waals surface area contributed by atoms with Crippen LogP contribution in [0.2, 0.25) is 0 Å². The number of hydrogen-bond donors (Lipinski definition) is 0. The van der Waals surface area contributed by atoms with Gasteiger partial charge in [0.25, 0.3) is 0 Å². The molecule has 1 aliphatic heterocycles. The Morgan fingerprint density at radius 1 is 1.36 bits per heavy atom. The van der Waals surface area contributed by atoms with Crippen molar-refractivity contribution in [2.75, 3.05) is 6.61 Å². The third-order valence-corrected chi connectivity index (χ3v) is 3.71. The summed E-state index contributed by atoms with van der Waals surface area (Å²) in [6.45, 7) is 3.20. The lowest BCUT2D eigenvalue weighted by Crippen LogP contribution is -2.23. The molecule has 0 amide bonds. The first-order chi connectivity index (χ1) is 6.80. The van der Waals surface area contributed by atoms with Crippen molar-refractivity contribution in [2.45, 2.75) is 37.7 Å². The van der Waals surface area contributed by atoms with Crippen molar-refractivity contribution in [2.24, 2.45) is 0 Å². The van der Waals surface area contributed by atoms with Crippen LogP contribution in [0.4, 0.5) is 0 Å². The van der Waals surface area contributed by atoms with E-state index in [2.05, 4.69) is 31.2 Å². The van der Waals surface area contributed by atoms with Gasteiger partial charge in [-0.2, -0.15) is 0 Å². The number of epoxide rings is 1. The molecule has 1 heterocycles. The average Bonchev–Trinajstić information content (AvgIpc) is 2.97. The summed E-state index contributed by atoms with van der Waals surface area (Å²) in [4.78, 5) is 0. The Bertz CT molecular complexity index is 352. The second-order valence-electron chi connectivity index (χ2n) is 4.74. The minimum Gasteiger partial charge on any atom is -0.369 e. The van der Waals surface area contributed by atoms with E-state index >= 15 is 0 Å². The zero-order valence-electron chi connectivity index (χ0n) is 8.62. The van der Waals surface area contributed by atoms with Gasteiger partial charge in [0.15, 0.2) is 0 Å². The van der Waals surface area contributed by atoms with Gasteiger partial charge in [-0.25, -0.2) is 0 Å². The molecule has 0 aromatic heterocycles. The van der Waals surface area contributed by atoms with Crippen LogP contribution in [0.15, 0.2) is 24.3 Å². The third-order valence-electron chi connectivity index (χ3n) is 3.71. The predicted octanol–water partition coefficient (Wildman–Crippen LogP) is 2.90. The normalized spacial score (nSPS) is 35.1.